The molecular weight excluding hydrogens is 486 g/mol. The largest absolute Gasteiger partial charge is 0.573 e. The Balaban J connectivity index is 0.00000392. The average Bonchev–Trinajstić information content (AvgIpc) is 2.64. The molecule has 0 aromatic heterocycles. The molecule has 0 bridgehead atoms. The Kier molecular flexibility index (Phi) is 10.9. The van der Waals surface area contributed by atoms with E-state index in [-0.39, 0.29) is 36.3 Å². The van der Waals surface area contributed by atoms with Gasteiger partial charge in [0.1, 0.15) is 5.75 Å². The van der Waals surface area contributed by atoms with Crippen LogP contribution in [0.1, 0.15) is 31.7 Å². The number of nitrogens with one attached hydrogen (secondary N) is 1. The van der Waals surface area contributed by atoms with E-state index in [1.54, 1.807) is 12.1 Å². The zero-order valence-electron chi connectivity index (χ0n) is 16.3. The molecule has 2 rings (SSSR count). The van der Waals surface area contributed by atoms with Gasteiger partial charge in [0.2, 0.25) is 0 Å². The first kappa shape index (κ1) is 24.8. The molecule has 1 aromatic rings. The minimum atomic E-state index is -4.72. The maximum Gasteiger partial charge on any atom is 0.573 e. The highest BCUT2D eigenvalue weighted by molar-refractivity contribution is 14.0. The molecule has 0 unspecified atom stereocenters. The van der Waals surface area contributed by atoms with Crippen molar-refractivity contribution >= 4 is 29.9 Å². The number of hydrogen-bond donors (Lipinski definition) is 1. The Morgan fingerprint density at radius 2 is 1.96 bits per heavy atom. The molecule has 0 radical (unpaired) electrons. The number of nitrogens with zero attached hydrogens (tertiary/aromatic N) is 2. The van der Waals surface area contributed by atoms with Gasteiger partial charge in [-0.1, -0.05) is 18.2 Å². The SMILES string of the molecule is CCNC(=NCc1ccccc1OC(F)(F)F)N(C)CCC1CCOCC1.I. The fourth-order valence-electron chi connectivity index (χ4n) is 3.01. The molecule has 160 valence electrons. The molecule has 0 atom stereocenters. The van der Waals surface area contributed by atoms with E-state index in [1.165, 1.54) is 12.1 Å². The van der Waals surface area contributed by atoms with E-state index in [0.29, 0.717) is 24.0 Å². The normalized spacial score (nSPS) is 15.7. The summed E-state index contributed by atoms with van der Waals surface area (Å²) >= 11 is 0. The highest BCUT2D eigenvalue weighted by Crippen LogP contribution is 2.26. The summed E-state index contributed by atoms with van der Waals surface area (Å²) in [5.41, 5.74) is 0.392. The molecule has 28 heavy (non-hydrogen) atoms. The second-order valence-electron chi connectivity index (χ2n) is 6.59. The van der Waals surface area contributed by atoms with Crippen LogP contribution in [0.4, 0.5) is 13.2 Å². The van der Waals surface area contributed by atoms with Crippen molar-refractivity contribution in [3.63, 3.8) is 0 Å². The Morgan fingerprint density at radius 3 is 2.61 bits per heavy atom. The van der Waals surface area contributed by atoms with Crippen molar-refractivity contribution in [2.24, 2.45) is 10.9 Å². The lowest BCUT2D eigenvalue weighted by atomic mass is 9.96. The van der Waals surface area contributed by atoms with Gasteiger partial charge < -0.3 is 19.7 Å². The number of hydrogen-bond acceptors (Lipinski definition) is 3. The lowest BCUT2D eigenvalue weighted by Gasteiger charge is -2.27. The van der Waals surface area contributed by atoms with Crippen LogP contribution >= 0.6 is 24.0 Å². The molecule has 1 saturated heterocycles. The van der Waals surface area contributed by atoms with Gasteiger partial charge in [0, 0.05) is 38.9 Å². The van der Waals surface area contributed by atoms with Crippen LogP contribution in [0.3, 0.4) is 0 Å². The third kappa shape index (κ3) is 8.85. The van der Waals surface area contributed by atoms with Gasteiger partial charge >= 0.3 is 6.36 Å². The monoisotopic (exact) mass is 515 g/mol. The molecule has 1 aromatic carbocycles. The zero-order chi connectivity index (χ0) is 19.7. The summed E-state index contributed by atoms with van der Waals surface area (Å²) in [6.45, 7) is 5.22. The summed E-state index contributed by atoms with van der Waals surface area (Å²) in [7, 11) is 1.94. The maximum absolute atomic E-state index is 12.6. The Bertz CT molecular complexity index is 608. The summed E-state index contributed by atoms with van der Waals surface area (Å²) in [6, 6.07) is 6.09. The maximum atomic E-state index is 12.6. The number of alkyl halides is 3. The molecule has 5 nitrogen and oxygen atoms in total. The van der Waals surface area contributed by atoms with Crippen LogP contribution < -0.4 is 10.1 Å². The molecule has 0 aliphatic carbocycles. The Labute approximate surface area is 181 Å². The number of benzene rings is 1. The van der Waals surface area contributed by atoms with Crippen molar-refractivity contribution in [2.45, 2.75) is 39.1 Å². The van der Waals surface area contributed by atoms with Crippen LogP contribution in [0, 0.1) is 5.92 Å². The second-order valence-corrected chi connectivity index (χ2v) is 6.59. The number of rotatable bonds is 7. The van der Waals surface area contributed by atoms with Crippen molar-refractivity contribution in [2.75, 3.05) is 33.4 Å². The highest BCUT2D eigenvalue weighted by Gasteiger charge is 2.31. The molecule has 1 N–H and O–H groups in total. The van der Waals surface area contributed by atoms with E-state index in [1.807, 2.05) is 18.9 Å². The second kappa shape index (κ2) is 12.4. The number of para-hydroxylation sites is 1. The van der Waals surface area contributed by atoms with Crippen molar-refractivity contribution in [1.29, 1.82) is 0 Å². The summed E-state index contributed by atoms with van der Waals surface area (Å²) in [5, 5.41) is 3.20. The highest BCUT2D eigenvalue weighted by atomic mass is 127. The van der Waals surface area contributed by atoms with Gasteiger partial charge in [-0.3, -0.25) is 0 Å². The van der Waals surface area contributed by atoms with E-state index in [4.69, 9.17) is 4.74 Å². The van der Waals surface area contributed by atoms with E-state index in [2.05, 4.69) is 15.0 Å². The summed E-state index contributed by atoms with van der Waals surface area (Å²) in [6.07, 6.45) is -1.53. The minimum absolute atomic E-state index is 0. The lowest BCUT2D eigenvalue weighted by molar-refractivity contribution is -0.274. The molecular formula is C19H29F3IN3O2. The molecule has 1 aliphatic rings. The number of guanidine groups is 1. The molecule has 0 spiro atoms. The zero-order valence-corrected chi connectivity index (χ0v) is 18.6. The van der Waals surface area contributed by atoms with Gasteiger partial charge in [-0.2, -0.15) is 0 Å². The van der Waals surface area contributed by atoms with Crippen molar-refractivity contribution < 1.29 is 22.6 Å². The van der Waals surface area contributed by atoms with Gasteiger partial charge in [-0.05, 0) is 38.2 Å². The first-order valence-electron chi connectivity index (χ1n) is 9.30. The fourth-order valence-corrected chi connectivity index (χ4v) is 3.01. The Morgan fingerprint density at radius 1 is 1.29 bits per heavy atom. The van der Waals surface area contributed by atoms with Gasteiger partial charge in [-0.15, -0.1) is 37.1 Å². The van der Waals surface area contributed by atoms with Gasteiger partial charge in [0.25, 0.3) is 0 Å². The predicted octanol–water partition coefficient (Wildman–Crippen LogP) is 4.42. The van der Waals surface area contributed by atoms with E-state index in [9.17, 15) is 13.2 Å². The van der Waals surface area contributed by atoms with Crippen LogP contribution in [0.25, 0.3) is 0 Å². The molecule has 1 aliphatic heterocycles. The topological polar surface area (TPSA) is 46.1 Å². The smallest absolute Gasteiger partial charge is 0.405 e. The number of halogens is 4. The molecule has 9 heteroatoms. The van der Waals surface area contributed by atoms with E-state index in [0.717, 1.165) is 39.0 Å². The first-order chi connectivity index (χ1) is 12.9. The molecule has 1 heterocycles. The third-order valence-corrected chi connectivity index (χ3v) is 4.51. The third-order valence-electron chi connectivity index (χ3n) is 4.51. The predicted molar refractivity (Wildman–Crippen MR) is 114 cm³/mol. The average molecular weight is 515 g/mol. The van der Waals surface area contributed by atoms with Crippen LogP contribution in [0.15, 0.2) is 29.3 Å². The van der Waals surface area contributed by atoms with Crippen LogP contribution in [0.2, 0.25) is 0 Å². The van der Waals surface area contributed by atoms with Crippen molar-refractivity contribution in [3.05, 3.63) is 29.8 Å². The van der Waals surface area contributed by atoms with Gasteiger partial charge in [0.05, 0.1) is 6.54 Å². The summed E-state index contributed by atoms with van der Waals surface area (Å²) in [4.78, 5) is 6.52. The number of aliphatic imine (C=N–C) groups is 1. The molecule has 0 amide bonds. The molecule has 1 fully saturated rings. The van der Waals surface area contributed by atoms with Crippen LogP contribution in [0.5, 0.6) is 5.75 Å². The van der Waals surface area contributed by atoms with Crippen LogP contribution in [-0.4, -0.2) is 50.6 Å². The summed E-state index contributed by atoms with van der Waals surface area (Å²) in [5.74, 6) is 1.10. The van der Waals surface area contributed by atoms with Gasteiger partial charge in [0.15, 0.2) is 5.96 Å². The number of ether oxygens (including phenoxy) is 2. The lowest BCUT2D eigenvalue weighted by Crippen LogP contribution is -2.40. The van der Waals surface area contributed by atoms with Crippen molar-refractivity contribution in [1.82, 2.24) is 10.2 Å². The van der Waals surface area contributed by atoms with Gasteiger partial charge in [-0.25, -0.2) is 4.99 Å². The Hall–Kier alpha value is -1.23. The quantitative estimate of drug-likeness (QED) is 0.332. The fraction of sp³-hybridized carbons (Fsp3) is 0.632. The summed E-state index contributed by atoms with van der Waals surface area (Å²) < 4.78 is 47.2. The minimum Gasteiger partial charge on any atom is -0.405 e. The molecule has 0 saturated carbocycles. The van der Waals surface area contributed by atoms with E-state index >= 15 is 0 Å². The first-order valence-corrected chi connectivity index (χ1v) is 9.30. The van der Waals surface area contributed by atoms with Crippen molar-refractivity contribution in [3.8, 4) is 5.75 Å². The van der Waals surface area contributed by atoms with E-state index < -0.39 is 6.36 Å². The standard InChI is InChI=1S/C19H28F3N3O2.HI/c1-3-23-18(25(2)11-8-15-9-12-26-13-10-15)24-14-16-6-4-5-7-17(16)27-19(20,21)22;/h4-7,15H,3,8-14H2,1-2H3,(H,23,24);1H. The van der Waals surface area contributed by atoms with Crippen LogP contribution in [-0.2, 0) is 11.3 Å².